The molecular weight excluding hydrogens is 312 g/mol. The summed E-state index contributed by atoms with van der Waals surface area (Å²) in [6.07, 6.45) is 1.31. The van der Waals surface area contributed by atoms with Crippen molar-refractivity contribution in [2.75, 3.05) is 5.73 Å². The summed E-state index contributed by atoms with van der Waals surface area (Å²) in [6.45, 7) is 1.76. The van der Waals surface area contributed by atoms with Crippen molar-refractivity contribution in [1.29, 1.82) is 0 Å². The van der Waals surface area contributed by atoms with Crippen LogP contribution in [0.25, 0.3) is 5.69 Å². The number of aromatic amines is 1. The molecule has 0 aliphatic rings. The van der Waals surface area contributed by atoms with Gasteiger partial charge in [-0.15, -0.1) is 5.10 Å². The molecule has 0 saturated heterocycles. The van der Waals surface area contributed by atoms with E-state index in [4.69, 9.17) is 11.5 Å². The summed E-state index contributed by atoms with van der Waals surface area (Å²) in [5.74, 6) is -0.0581. The summed E-state index contributed by atoms with van der Waals surface area (Å²) >= 11 is 0. The highest BCUT2D eigenvalue weighted by Gasteiger charge is 2.12. The molecule has 1 aromatic carbocycles. The molecule has 5 N–H and O–H groups in total. The van der Waals surface area contributed by atoms with Crippen LogP contribution in [0.15, 0.2) is 50.0 Å². The van der Waals surface area contributed by atoms with E-state index < -0.39 is 0 Å². The first-order valence-electron chi connectivity index (χ1n) is 6.90. The lowest BCUT2D eigenvalue weighted by Crippen LogP contribution is -2.17. The van der Waals surface area contributed by atoms with Gasteiger partial charge in [0.2, 0.25) is 0 Å². The summed E-state index contributed by atoms with van der Waals surface area (Å²) in [4.78, 5) is 12.5. The number of hydrogen-bond donors (Lipinski definition) is 3. The Bertz CT molecular complexity index is 964. The smallest absolute Gasteiger partial charge is 0.280 e. The van der Waals surface area contributed by atoms with Gasteiger partial charge in [-0.05, 0) is 29.4 Å². The van der Waals surface area contributed by atoms with Gasteiger partial charge in [-0.1, -0.05) is 18.2 Å². The molecule has 2 heterocycles. The van der Waals surface area contributed by atoms with Gasteiger partial charge in [0.1, 0.15) is 0 Å². The second-order valence-electron chi connectivity index (χ2n) is 4.85. The first-order chi connectivity index (χ1) is 11.6. The number of hydrogen-bond acceptors (Lipinski definition) is 7. The van der Waals surface area contributed by atoms with Gasteiger partial charge >= 0.3 is 0 Å². The van der Waals surface area contributed by atoms with E-state index in [-0.39, 0.29) is 22.9 Å². The van der Waals surface area contributed by atoms with E-state index in [1.54, 1.807) is 6.92 Å². The van der Waals surface area contributed by atoms with E-state index in [1.165, 1.54) is 10.9 Å². The Kier molecular flexibility index (Phi) is 3.93. The number of benzene rings is 1. The summed E-state index contributed by atoms with van der Waals surface area (Å²) in [7, 11) is 0. The Balaban J connectivity index is 1.90. The highest BCUT2D eigenvalue weighted by molar-refractivity contribution is 5.99. The predicted octanol–water partition coefficient (Wildman–Crippen LogP) is 0.179. The Morgan fingerprint density at radius 3 is 2.75 bits per heavy atom. The maximum atomic E-state index is 12.5. The van der Waals surface area contributed by atoms with E-state index in [2.05, 4.69) is 30.2 Å². The van der Waals surface area contributed by atoms with Crippen LogP contribution in [0.1, 0.15) is 17.0 Å². The van der Waals surface area contributed by atoms with Crippen LogP contribution in [0.4, 0.5) is 5.82 Å². The number of nitrogen functional groups attached to an aromatic ring is 1. The third-order valence-corrected chi connectivity index (χ3v) is 3.24. The fourth-order valence-electron chi connectivity index (χ4n) is 2.04. The first kappa shape index (κ1) is 15.2. The largest absolute Gasteiger partial charge is 0.380 e. The Hall–Kier alpha value is -3.69. The minimum Gasteiger partial charge on any atom is -0.380 e. The van der Waals surface area contributed by atoms with Gasteiger partial charge in [0.25, 0.3) is 5.56 Å². The summed E-state index contributed by atoms with van der Waals surface area (Å²) < 4.78 is 5.85. The molecule has 0 saturated carbocycles. The number of rotatable bonds is 4. The normalized spacial score (nSPS) is 12.1. The molecule has 0 unspecified atom stereocenters. The summed E-state index contributed by atoms with van der Waals surface area (Å²) in [6, 6.07) is 9.18. The molecule has 0 amide bonds. The average Bonchev–Trinajstić information content (AvgIpc) is 3.13. The molecule has 0 aliphatic carbocycles. The molecule has 2 aromatic heterocycles. The Morgan fingerprint density at radius 2 is 2.08 bits per heavy atom. The number of nitrogens with two attached hydrogens (primary N) is 2. The fraction of sp³-hybridized carbons (Fsp3) is 0.0714. The number of para-hydroxylation sites is 1. The van der Waals surface area contributed by atoms with E-state index in [0.29, 0.717) is 11.3 Å². The molecular formula is C14H14N8O2. The van der Waals surface area contributed by atoms with Crippen LogP contribution in [0.2, 0.25) is 0 Å². The molecule has 0 spiro atoms. The lowest BCUT2D eigenvalue weighted by atomic mass is 10.3. The van der Waals surface area contributed by atoms with E-state index in [0.717, 1.165) is 5.69 Å². The maximum absolute atomic E-state index is 12.5. The van der Waals surface area contributed by atoms with Gasteiger partial charge in [0.15, 0.2) is 17.3 Å². The van der Waals surface area contributed by atoms with Crippen molar-refractivity contribution in [3.05, 3.63) is 57.6 Å². The number of aryl methyl sites for hydroxylation is 1. The number of nitrogens with zero attached hydrogens (tertiary/aromatic N) is 5. The van der Waals surface area contributed by atoms with E-state index in [1.807, 2.05) is 30.3 Å². The number of nitrogens with one attached hydrogen (secondary N) is 1. The quantitative estimate of drug-likeness (QED) is 0.353. The van der Waals surface area contributed by atoms with Gasteiger partial charge in [-0.2, -0.15) is 5.10 Å². The SMILES string of the molecule is Cc1[nH]n(-c2ccccc2)c(=O)c1C=N/N=C(\N)c1nonc1N. The van der Waals surface area contributed by atoms with Gasteiger partial charge in [0.05, 0.1) is 17.5 Å². The third kappa shape index (κ3) is 2.79. The number of aromatic nitrogens is 4. The summed E-state index contributed by atoms with van der Waals surface area (Å²) in [5.41, 5.74) is 12.7. The molecule has 0 fully saturated rings. The molecule has 0 atom stereocenters. The van der Waals surface area contributed by atoms with Crippen LogP contribution in [-0.2, 0) is 0 Å². The van der Waals surface area contributed by atoms with Crippen LogP contribution in [0.3, 0.4) is 0 Å². The fourth-order valence-corrected chi connectivity index (χ4v) is 2.04. The van der Waals surface area contributed by atoms with Crippen molar-refractivity contribution in [2.24, 2.45) is 15.9 Å². The molecule has 0 radical (unpaired) electrons. The first-order valence-corrected chi connectivity index (χ1v) is 6.90. The topological polar surface area (TPSA) is 153 Å². The molecule has 3 rings (SSSR count). The summed E-state index contributed by atoms with van der Waals surface area (Å²) in [5, 5.41) is 17.4. The highest BCUT2D eigenvalue weighted by atomic mass is 16.6. The maximum Gasteiger partial charge on any atom is 0.280 e. The minimum atomic E-state index is -0.251. The zero-order chi connectivity index (χ0) is 17.1. The van der Waals surface area contributed by atoms with Crippen molar-refractivity contribution in [3.63, 3.8) is 0 Å². The van der Waals surface area contributed by atoms with Crippen LogP contribution in [-0.4, -0.2) is 32.1 Å². The molecule has 10 heteroatoms. The number of H-pyrrole nitrogens is 1. The zero-order valence-corrected chi connectivity index (χ0v) is 12.7. The predicted molar refractivity (Wildman–Crippen MR) is 88.2 cm³/mol. The molecule has 0 bridgehead atoms. The van der Waals surface area contributed by atoms with Crippen molar-refractivity contribution in [3.8, 4) is 5.69 Å². The number of amidine groups is 1. The molecule has 3 aromatic rings. The van der Waals surface area contributed by atoms with Crippen molar-refractivity contribution in [1.82, 2.24) is 20.1 Å². The second-order valence-corrected chi connectivity index (χ2v) is 4.85. The molecule has 10 nitrogen and oxygen atoms in total. The standard InChI is InChI=1S/C14H14N8O2/c1-8-10(7-17-18-12(15)11-13(16)21-24-20-11)14(23)22(19-8)9-5-3-2-4-6-9/h2-7,19H,1H3,(H2,15,18)(H2,16,21). The molecule has 0 aliphatic heterocycles. The Labute approximate surface area is 135 Å². The highest BCUT2D eigenvalue weighted by Crippen LogP contribution is 2.06. The van der Waals surface area contributed by atoms with Gasteiger partial charge in [-0.3, -0.25) is 9.89 Å². The second kappa shape index (κ2) is 6.20. The third-order valence-electron chi connectivity index (χ3n) is 3.24. The number of anilines is 1. The van der Waals surface area contributed by atoms with Crippen molar-refractivity contribution in [2.45, 2.75) is 6.92 Å². The van der Waals surface area contributed by atoms with Crippen LogP contribution in [0.5, 0.6) is 0 Å². The Morgan fingerprint density at radius 1 is 1.33 bits per heavy atom. The lowest BCUT2D eigenvalue weighted by Gasteiger charge is -1.99. The zero-order valence-electron chi connectivity index (χ0n) is 12.7. The monoisotopic (exact) mass is 326 g/mol. The van der Waals surface area contributed by atoms with E-state index in [9.17, 15) is 4.79 Å². The lowest BCUT2D eigenvalue weighted by molar-refractivity contribution is 0.308. The average molecular weight is 326 g/mol. The molecule has 24 heavy (non-hydrogen) atoms. The van der Waals surface area contributed by atoms with Crippen LogP contribution >= 0.6 is 0 Å². The minimum absolute atomic E-state index is 0.00992. The van der Waals surface area contributed by atoms with Crippen molar-refractivity contribution >= 4 is 17.9 Å². The molecule has 122 valence electrons. The van der Waals surface area contributed by atoms with E-state index >= 15 is 0 Å². The van der Waals surface area contributed by atoms with Crippen LogP contribution in [0, 0.1) is 6.92 Å². The van der Waals surface area contributed by atoms with Crippen molar-refractivity contribution < 1.29 is 4.63 Å². The van der Waals surface area contributed by atoms with Gasteiger partial charge in [-0.25, -0.2) is 9.31 Å². The van der Waals surface area contributed by atoms with Gasteiger partial charge < -0.3 is 11.5 Å². The van der Waals surface area contributed by atoms with Crippen LogP contribution < -0.4 is 17.0 Å². The van der Waals surface area contributed by atoms with Gasteiger partial charge in [0, 0.05) is 5.69 Å².